The summed E-state index contributed by atoms with van der Waals surface area (Å²) in [4.78, 5) is 10.5. The van der Waals surface area contributed by atoms with Crippen LogP contribution in [-0.4, -0.2) is 22.2 Å². The molecule has 0 aromatic carbocycles. The van der Waals surface area contributed by atoms with Crippen LogP contribution >= 0.6 is 0 Å². The fourth-order valence-electron chi connectivity index (χ4n) is 1.29. The van der Waals surface area contributed by atoms with Gasteiger partial charge in [-0.2, -0.15) is 0 Å². The molecule has 0 spiro atoms. The molecule has 0 saturated carbocycles. The minimum absolute atomic E-state index is 0.100. The van der Waals surface area contributed by atoms with E-state index >= 15 is 0 Å². The Bertz CT molecular complexity index is 317. The Morgan fingerprint density at radius 2 is 2.36 bits per heavy atom. The zero-order valence-electron chi connectivity index (χ0n) is 7.68. The van der Waals surface area contributed by atoms with Crippen LogP contribution in [0.25, 0.3) is 0 Å². The summed E-state index contributed by atoms with van der Waals surface area (Å²) < 4.78 is 0. The quantitative estimate of drug-likeness (QED) is 0.626. The van der Waals surface area contributed by atoms with E-state index < -0.39 is 12.0 Å². The zero-order chi connectivity index (χ0) is 10.7. The number of aliphatic hydroxyl groups excluding tert-OH is 1. The lowest BCUT2D eigenvalue weighted by Crippen LogP contribution is -2.32. The van der Waals surface area contributed by atoms with Crippen molar-refractivity contribution in [2.75, 3.05) is 0 Å². The number of hydrogen-bond donors (Lipinski definition) is 3. The lowest BCUT2D eigenvalue weighted by atomic mass is 9.89. The van der Waals surface area contributed by atoms with E-state index in [4.69, 9.17) is 15.9 Å². The number of nitrogens with two attached hydrogens (primary N) is 1. The van der Waals surface area contributed by atoms with E-state index in [-0.39, 0.29) is 11.7 Å². The summed E-state index contributed by atoms with van der Waals surface area (Å²) in [6.45, 7) is 3.72. The summed E-state index contributed by atoms with van der Waals surface area (Å²) in [6.07, 6.45) is 5.04. The van der Waals surface area contributed by atoms with E-state index in [1.807, 2.05) is 0 Å². The molecule has 1 rings (SSSR count). The lowest BCUT2D eigenvalue weighted by Gasteiger charge is -2.18. The summed E-state index contributed by atoms with van der Waals surface area (Å²) in [6, 6.07) is -0.893. The third-order valence-corrected chi connectivity index (χ3v) is 2.13. The van der Waals surface area contributed by atoms with Gasteiger partial charge in [-0.05, 0) is 24.1 Å². The number of carboxylic acid groups (broad SMARTS) is 1. The minimum atomic E-state index is -1.02. The van der Waals surface area contributed by atoms with Crippen molar-refractivity contribution in [3.05, 3.63) is 36.1 Å². The average Bonchev–Trinajstić information content (AvgIpc) is 2.09. The Hall–Kier alpha value is -1.55. The van der Waals surface area contributed by atoms with Gasteiger partial charge in [0.1, 0.15) is 11.8 Å². The maximum Gasteiger partial charge on any atom is 0.320 e. The zero-order valence-corrected chi connectivity index (χ0v) is 7.68. The van der Waals surface area contributed by atoms with Gasteiger partial charge in [0.15, 0.2) is 0 Å². The summed E-state index contributed by atoms with van der Waals surface area (Å²) in [5.41, 5.74) is 6.07. The highest BCUT2D eigenvalue weighted by Gasteiger charge is 2.20. The number of rotatable bonds is 3. The normalized spacial score (nSPS) is 23.1. The first-order valence-corrected chi connectivity index (χ1v) is 4.26. The molecular formula is C10H13NO3. The number of carbonyl (C=O) groups is 1. The number of hydrogen-bond acceptors (Lipinski definition) is 3. The standard InChI is InChI=1S/C10H13NO3/c1-6-4-8(12)3-2-7(6)5-9(11)10(13)14/h2-4,7,9,12H,1,5,11H2,(H,13,14)/t7?,9-/m0/s1. The smallest absolute Gasteiger partial charge is 0.320 e. The molecule has 0 fully saturated rings. The molecule has 2 atom stereocenters. The van der Waals surface area contributed by atoms with E-state index in [0.29, 0.717) is 12.0 Å². The van der Waals surface area contributed by atoms with Gasteiger partial charge in [-0.25, -0.2) is 0 Å². The van der Waals surface area contributed by atoms with E-state index in [0.717, 1.165) is 0 Å². The van der Waals surface area contributed by atoms with Gasteiger partial charge in [0, 0.05) is 5.92 Å². The Labute approximate surface area is 82.0 Å². The van der Waals surface area contributed by atoms with E-state index in [1.54, 1.807) is 6.08 Å². The van der Waals surface area contributed by atoms with Crippen molar-refractivity contribution in [3.63, 3.8) is 0 Å². The van der Waals surface area contributed by atoms with Gasteiger partial charge in [0.25, 0.3) is 0 Å². The minimum Gasteiger partial charge on any atom is -0.508 e. The Morgan fingerprint density at radius 3 is 2.86 bits per heavy atom. The highest BCUT2D eigenvalue weighted by Crippen LogP contribution is 2.23. The van der Waals surface area contributed by atoms with Gasteiger partial charge in [0.2, 0.25) is 0 Å². The summed E-state index contributed by atoms with van der Waals surface area (Å²) in [5, 5.41) is 17.7. The highest BCUT2D eigenvalue weighted by molar-refractivity contribution is 5.73. The van der Waals surface area contributed by atoms with Crippen LogP contribution < -0.4 is 5.73 Å². The van der Waals surface area contributed by atoms with Crippen LogP contribution in [0, 0.1) is 5.92 Å². The molecule has 1 unspecified atom stereocenters. The molecule has 0 bridgehead atoms. The van der Waals surface area contributed by atoms with Gasteiger partial charge in [-0.15, -0.1) is 0 Å². The number of aliphatic carboxylic acids is 1. The van der Waals surface area contributed by atoms with Gasteiger partial charge < -0.3 is 15.9 Å². The van der Waals surface area contributed by atoms with Crippen molar-refractivity contribution in [2.24, 2.45) is 11.7 Å². The molecule has 0 aromatic heterocycles. The molecular weight excluding hydrogens is 182 g/mol. The van der Waals surface area contributed by atoms with E-state index in [1.165, 1.54) is 12.2 Å². The first-order valence-electron chi connectivity index (χ1n) is 4.26. The fraction of sp³-hybridized carbons (Fsp3) is 0.300. The van der Waals surface area contributed by atoms with Crippen molar-refractivity contribution in [1.82, 2.24) is 0 Å². The molecule has 1 aliphatic rings. The largest absolute Gasteiger partial charge is 0.508 e. The van der Waals surface area contributed by atoms with Crippen molar-refractivity contribution in [2.45, 2.75) is 12.5 Å². The number of carboxylic acids is 1. The Kier molecular flexibility index (Phi) is 3.09. The molecule has 4 N–H and O–H groups in total. The number of aliphatic hydroxyl groups is 1. The second-order valence-corrected chi connectivity index (χ2v) is 3.29. The van der Waals surface area contributed by atoms with E-state index in [9.17, 15) is 4.79 Å². The van der Waals surface area contributed by atoms with Crippen molar-refractivity contribution in [1.29, 1.82) is 0 Å². The SMILES string of the molecule is C=C1C=C(O)C=CC1C[C@H](N)C(=O)O. The second-order valence-electron chi connectivity index (χ2n) is 3.29. The second kappa shape index (κ2) is 4.11. The maximum absolute atomic E-state index is 10.5. The van der Waals surface area contributed by atoms with E-state index in [2.05, 4.69) is 6.58 Å². The van der Waals surface area contributed by atoms with Gasteiger partial charge >= 0.3 is 5.97 Å². The monoisotopic (exact) mass is 195 g/mol. The van der Waals surface area contributed by atoms with Crippen LogP contribution in [0.15, 0.2) is 36.1 Å². The first kappa shape index (κ1) is 10.5. The third kappa shape index (κ3) is 2.47. The molecule has 0 amide bonds. The van der Waals surface area contributed by atoms with Crippen LogP contribution in [0.5, 0.6) is 0 Å². The molecule has 14 heavy (non-hydrogen) atoms. The topological polar surface area (TPSA) is 83.5 Å². The molecule has 4 nitrogen and oxygen atoms in total. The lowest BCUT2D eigenvalue weighted by molar-refractivity contribution is -0.138. The Morgan fingerprint density at radius 1 is 1.71 bits per heavy atom. The van der Waals surface area contributed by atoms with Crippen molar-refractivity contribution < 1.29 is 15.0 Å². The van der Waals surface area contributed by atoms with Crippen LogP contribution in [-0.2, 0) is 4.79 Å². The molecule has 0 radical (unpaired) electrons. The van der Waals surface area contributed by atoms with Gasteiger partial charge in [-0.3, -0.25) is 4.79 Å². The highest BCUT2D eigenvalue weighted by atomic mass is 16.4. The van der Waals surface area contributed by atoms with Crippen LogP contribution in [0.2, 0.25) is 0 Å². The van der Waals surface area contributed by atoms with Crippen LogP contribution in [0.4, 0.5) is 0 Å². The predicted octanol–water partition coefficient (Wildman–Crippen LogP) is 0.972. The third-order valence-electron chi connectivity index (χ3n) is 2.13. The number of allylic oxidation sites excluding steroid dienone is 4. The molecule has 4 heteroatoms. The predicted molar refractivity (Wildman–Crippen MR) is 52.7 cm³/mol. The van der Waals surface area contributed by atoms with Gasteiger partial charge in [0.05, 0.1) is 0 Å². The van der Waals surface area contributed by atoms with Crippen molar-refractivity contribution >= 4 is 5.97 Å². The molecule has 0 heterocycles. The van der Waals surface area contributed by atoms with Crippen molar-refractivity contribution in [3.8, 4) is 0 Å². The molecule has 76 valence electrons. The summed E-state index contributed by atoms with van der Waals surface area (Å²) in [5.74, 6) is -0.989. The average molecular weight is 195 g/mol. The fourth-order valence-corrected chi connectivity index (χ4v) is 1.29. The molecule has 0 saturated heterocycles. The van der Waals surface area contributed by atoms with Crippen LogP contribution in [0.1, 0.15) is 6.42 Å². The summed E-state index contributed by atoms with van der Waals surface area (Å²) >= 11 is 0. The Balaban J connectivity index is 2.61. The molecule has 0 aliphatic heterocycles. The molecule has 0 aromatic rings. The first-order chi connectivity index (χ1) is 6.50. The molecule has 1 aliphatic carbocycles. The maximum atomic E-state index is 10.5. The van der Waals surface area contributed by atoms with Gasteiger partial charge in [-0.1, -0.05) is 12.7 Å². The van der Waals surface area contributed by atoms with Crippen LogP contribution in [0.3, 0.4) is 0 Å². The summed E-state index contributed by atoms with van der Waals surface area (Å²) in [7, 11) is 0.